The van der Waals surface area contributed by atoms with E-state index >= 15 is 0 Å². The van der Waals surface area contributed by atoms with Crippen molar-refractivity contribution in [3.05, 3.63) is 24.0 Å². The minimum atomic E-state index is 0.0681. The lowest BCUT2D eigenvalue weighted by Crippen LogP contribution is -2.12. The third kappa shape index (κ3) is 2.19. The number of nitrogens with zero attached hydrogens (tertiary/aromatic N) is 3. The average Bonchev–Trinajstić information content (AvgIpc) is 2.64. The van der Waals surface area contributed by atoms with Gasteiger partial charge < -0.3 is 5.73 Å². The summed E-state index contributed by atoms with van der Waals surface area (Å²) in [5.74, 6) is 0.319. The second-order valence-corrected chi connectivity index (χ2v) is 5.39. The van der Waals surface area contributed by atoms with Crippen LogP contribution in [0.25, 0.3) is 10.6 Å². The van der Waals surface area contributed by atoms with E-state index in [2.05, 4.69) is 35.1 Å². The summed E-state index contributed by atoms with van der Waals surface area (Å²) in [5, 5.41) is 0.811. The molecule has 84 valence electrons. The Morgan fingerprint density at radius 1 is 1.25 bits per heavy atom. The van der Waals surface area contributed by atoms with Gasteiger partial charge in [0.2, 0.25) is 5.95 Å². The van der Waals surface area contributed by atoms with Crippen LogP contribution in [-0.4, -0.2) is 14.3 Å². The van der Waals surface area contributed by atoms with Gasteiger partial charge in [0.1, 0.15) is 5.01 Å². The molecule has 0 saturated carbocycles. The Morgan fingerprint density at radius 2 is 2.00 bits per heavy atom. The quantitative estimate of drug-likeness (QED) is 0.823. The summed E-state index contributed by atoms with van der Waals surface area (Å²) in [7, 11) is 0. The SMILES string of the molecule is CC(C)(C)c1ccc(-c2nc(N)ns2)cn1. The molecule has 0 radical (unpaired) electrons. The molecule has 0 aromatic carbocycles. The molecular weight excluding hydrogens is 220 g/mol. The Labute approximate surface area is 98.7 Å². The Kier molecular flexibility index (Phi) is 2.63. The second-order valence-electron chi connectivity index (χ2n) is 4.64. The van der Waals surface area contributed by atoms with E-state index < -0.39 is 0 Å². The van der Waals surface area contributed by atoms with Crippen molar-refractivity contribution in [2.45, 2.75) is 26.2 Å². The normalized spacial score (nSPS) is 11.7. The van der Waals surface area contributed by atoms with E-state index in [1.165, 1.54) is 11.5 Å². The molecule has 4 nitrogen and oxygen atoms in total. The van der Waals surface area contributed by atoms with E-state index in [1.807, 2.05) is 18.3 Å². The van der Waals surface area contributed by atoms with Crippen LogP contribution >= 0.6 is 11.5 Å². The molecule has 0 spiro atoms. The van der Waals surface area contributed by atoms with E-state index in [1.54, 1.807) is 0 Å². The van der Waals surface area contributed by atoms with Crippen LogP contribution in [0.3, 0.4) is 0 Å². The maximum absolute atomic E-state index is 5.48. The Hall–Kier alpha value is -1.49. The van der Waals surface area contributed by atoms with Crippen molar-refractivity contribution in [3.8, 4) is 10.6 Å². The lowest BCUT2D eigenvalue weighted by Gasteiger charge is -2.17. The zero-order valence-electron chi connectivity index (χ0n) is 9.56. The molecule has 16 heavy (non-hydrogen) atoms. The number of rotatable bonds is 1. The van der Waals surface area contributed by atoms with Crippen LogP contribution in [0.5, 0.6) is 0 Å². The molecule has 2 aromatic rings. The van der Waals surface area contributed by atoms with Gasteiger partial charge in [0.15, 0.2) is 0 Å². The Morgan fingerprint density at radius 3 is 2.44 bits per heavy atom. The van der Waals surface area contributed by atoms with Gasteiger partial charge in [-0.05, 0) is 23.7 Å². The molecule has 0 bridgehead atoms. The molecule has 0 atom stereocenters. The van der Waals surface area contributed by atoms with Crippen molar-refractivity contribution in [3.63, 3.8) is 0 Å². The highest BCUT2D eigenvalue weighted by Gasteiger charge is 2.15. The molecule has 5 heteroatoms. The van der Waals surface area contributed by atoms with Gasteiger partial charge in [-0.1, -0.05) is 20.8 Å². The van der Waals surface area contributed by atoms with Crippen molar-refractivity contribution in [1.29, 1.82) is 0 Å². The third-order valence-corrected chi connectivity index (χ3v) is 3.00. The molecule has 0 aliphatic carbocycles. The largest absolute Gasteiger partial charge is 0.367 e. The first-order chi connectivity index (χ1) is 7.47. The van der Waals surface area contributed by atoms with Crippen LogP contribution in [0.15, 0.2) is 18.3 Å². The molecule has 2 N–H and O–H groups in total. The fraction of sp³-hybridized carbons (Fsp3) is 0.364. The lowest BCUT2D eigenvalue weighted by molar-refractivity contribution is 0.569. The highest BCUT2D eigenvalue weighted by atomic mass is 32.1. The van der Waals surface area contributed by atoms with Gasteiger partial charge in [0.25, 0.3) is 0 Å². The fourth-order valence-electron chi connectivity index (χ4n) is 1.32. The maximum atomic E-state index is 5.48. The summed E-state index contributed by atoms with van der Waals surface area (Å²) in [6.07, 6.45) is 1.82. The minimum absolute atomic E-state index is 0.0681. The summed E-state index contributed by atoms with van der Waals surface area (Å²) in [6.45, 7) is 6.41. The molecule has 2 aromatic heterocycles. The summed E-state index contributed by atoms with van der Waals surface area (Å²) in [4.78, 5) is 8.55. The van der Waals surface area contributed by atoms with Crippen LogP contribution in [0, 0.1) is 0 Å². The first-order valence-electron chi connectivity index (χ1n) is 5.03. The second kappa shape index (κ2) is 3.83. The van der Waals surface area contributed by atoms with Gasteiger partial charge in [-0.3, -0.25) is 4.98 Å². The first-order valence-corrected chi connectivity index (χ1v) is 5.80. The van der Waals surface area contributed by atoms with Crippen molar-refractivity contribution in [2.75, 3.05) is 5.73 Å². The predicted octanol–water partition coefficient (Wildman–Crippen LogP) is 2.48. The van der Waals surface area contributed by atoms with Crippen LogP contribution in [0.4, 0.5) is 5.95 Å². The van der Waals surface area contributed by atoms with Crippen molar-refractivity contribution in [1.82, 2.24) is 14.3 Å². The van der Waals surface area contributed by atoms with Gasteiger partial charge in [-0.2, -0.15) is 9.36 Å². The van der Waals surface area contributed by atoms with Crippen molar-refractivity contribution in [2.24, 2.45) is 0 Å². The van der Waals surface area contributed by atoms with Crippen LogP contribution in [0.1, 0.15) is 26.5 Å². The number of hydrogen-bond acceptors (Lipinski definition) is 5. The van der Waals surface area contributed by atoms with E-state index in [9.17, 15) is 0 Å². The average molecular weight is 234 g/mol. The Balaban J connectivity index is 2.33. The van der Waals surface area contributed by atoms with E-state index in [0.717, 1.165) is 16.3 Å². The number of nitrogens with two attached hydrogens (primary N) is 1. The highest BCUT2D eigenvalue weighted by molar-refractivity contribution is 7.09. The molecule has 2 heterocycles. The number of aromatic nitrogens is 3. The summed E-state index contributed by atoms with van der Waals surface area (Å²) in [6, 6.07) is 4.03. The van der Waals surface area contributed by atoms with Crippen molar-refractivity contribution >= 4 is 17.5 Å². The highest BCUT2D eigenvalue weighted by Crippen LogP contribution is 2.25. The monoisotopic (exact) mass is 234 g/mol. The van der Waals surface area contributed by atoms with Gasteiger partial charge >= 0.3 is 0 Å². The zero-order valence-corrected chi connectivity index (χ0v) is 10.4. The zero-order chi connectivity index (χ0) is 11.8. The lowest BCUT2D eigenvalue weighted by atomic mass is 9.91. The predicted molar refractivity (Wildman–Crippen MR) is 66.3 cm³/mol. The van der Waals surface area contributed by atoms with E-state index in [-0.39, 0.29) is 5.41 Å². The first kappa shape index (κ1) is 11.0. The number of nitrogen functional groups attached to an aromatic ring is 1. The molecule has 0 fully saturated rings. The molecule has 0 unspecified atom stereocenters. The summed E-state index contributed by atoms with van der Waals surface area (Å²) >= 11 is 1.29. The fourth-order valence-corrected chi connectivity index (χ4v) is 1.90. The minimum Gasteiger partial charge on any atom is -0.367 e. The number of pyridine rings is 1. The van der Waals surface area contributed by atoms with E-state index in [4.69, 9.17) is 5.73 Å². The molecule has 0 amide bonds. The number of anilines is 1. The molecule has 0 aliphatic rings. The van der Waals surface area contributed by atoms with Crippen LogP contribution in [-0.2, 0) is 5.41 Å². The van der Waals surface area contributed by atoms with Gasteiger partial charge in [0.05, 0.1) is 0 Å². The molecule has 0 aliphatic heterocycles. The maximum Gasteiger partial charge on any atom is 0.232 e. The number of hydrogen-bond donors (Lipinski definition) is 1. The van der Waals surface area contributed by atoms with Crippen LogP contribution in [0.2, 0.25) is 0 Å². The summed E-state index contributed by atoms with van der Waals surface area (Å²) < 4.78 is 3.94. The topological polar surface area (TPSA) is 64.7 Å². The smallest absolute Gasteiger partial charge is 0.232 e. The Bertz CT molecular complexity index is 481. The van der Waals surface area contributed by atoms with Crippen LogP contribution < -0.4 is 5.73 Å². The van der Waals surface area contributed by atoms with Gasteiger partial charge in [-0.25, -0.2) is 0 Å². The van der Waals surface area contributed by atoms with Gasteiger partial charge in [-0.15, -0.1) is 0 Å². The molecule has 0 saturated heterocycles. The summed E-state index contributed by atoms with van der Waals surface area (Å²) in [5.41, 5.74) is 7.58. The van der Waals surface area contributed by atoms with E-state index in [0.29, 0.717) is 5.95 Å². The standard InChI is InChI=1S/C11H14N4S/c1-11(2,3)8-5-4-7(6-13-8)9-14-10(12)15-16-9/h4-6H,1-3H3,(H2,12,15). The third-order valence-electron chi connectivity index (χ3n) is 2.22. The molecule has 2 rings (SSSR count). The van der Waals surface area contributed by atoms with Gasteiger partial charge in [0, 0.05) is 22.9 Å². The van der Waals surface area contributed by atoms with Crippen molar-refractivity contribution < 1.29 is 0 Å². The molecular formula is C11H14N4S.